The summed E-state index contributed by atoms with van der Waals surface area (Å²) in [6.07, 6.45) is 8.58. The molecule has 2 aliphatic rings. The SMILES string of the molecule is CCC1(C2=CC=CCCC2)C(=O)NC(=O)NC1=O. The van der Waals surface area contributed by atoms with Crippen molar-refractivity contribution in [2.24, 2.45) is 5.41 Å². The maximum atomic E-state index is 12.1. The van der Waals surface area contributed by atoms with E-state index in [0.717, 1.165) is 18.4 Å². The van der Waals surface area contributed by atoms with E-state index in [2.05, 4.69) is 10.6 Å². The van der Waals surface area contributed by atoms with Crippen LogP contribution in [0, 0.1) is 5.41 Å². The molecule has 96 valence electrons. The first-order valence-corrected chi connectivity index (χ1v) is 6.14. The largest absolute Gasteiger partial charge is 0.328 e. The molecule has 2 rings (SSSR count). The molecule has 1 saturated heterocycles. The number of carbonyl (C=O) groups is 3. The summed E-state index contributed by atoms with van der Waals surface area (Å²) in [6.45, 7) is 1.78. The highest BCUT2D eigenvalue weighted by molar-refractivity contribution is 6.21. The van der Waals surface area contributed by atoms with Gasteiger partial charge < -0.3 is 0 Å². The molecule has 0 atom stereocenters. The van der Waals surface area contributed by atoms with Crippen LogP contribution in [0.3, 0.4) is 0 Å². The fourth-order valence-corrected chi connectivity index (χ4v) is 2.52. The van der Waals surface area contributed by atoms with Crippen molar-refractivity contribution in [3.63, 3.8) is 0 Å². The number of allylic oxidation sites excluding steroid dienone is 3. The van der Waals surface area contributed by atoms with Crippen molar-refractivity contribution < 1.29 is 14.4 Å². The lowest BCUT2D eigenvalue weighted by Crippen LogP contribution is -2.62. The Morgan fingerprint density at radius 3 is 2.50 bits per heavy atom. The number of amides is 4. The fourth-order valence-electron chi connectivity index (χ4n) is 2.52. The molecule has 1 fully saturated rings. The van der Waals surface area contributed by atoms with Gasteiger partial charge in [0.25, 0.3) is 0 Å². The summed E-state index contributed by atoms with van der Waals surface area (Å²) in [5.74, 6) is -1.03. The summed E-state index contributed by atoms with van der Waals surface area (Å²) in [5.41, 5.74) is -0.455. The van der Waals surface area contributed by atoms with Crippen LogP contribution in [0.5, 0.6) is 0 Å². The summed E-state index contributed by atoms with van der Waals surface area (Å²) in [7, 11) is 0. The molecule has 1 aliphatic heterocycles. The van der Waals surface area contributed by atoms with Gasteiger partial charge in [0.05, 0.1) is 0 Å². The summed E-state index contributed by atoms with van der Waals surface area (Å²) in [5, 5.41) is 4.39. The van der Waals surface area contributed by atoms with Gasteiger partial charge in [0.2, 0.25) is 11.8 Å². The Morgan fingerprint density at radius 1 is 1.22 bits per heavy atom. The molecule has 18 heavy (non-hydrogen) atoms. The van der Waals surface area contributed by atoms with Crippen LogP contribution in [0.2, 0.25) is 0 Å². The third-order valence-electron chi connectivity index (χ3n) is 3.56. The van der Waals surface area contributed by atoms with Crippen molar-refractivity contribution in [3.05, 3.63) is 23.8 Å². The molecule has 0 saturated carbocycles. The fraction of sp³-hybridized carbons (Fsp3) is 0.462. The van der Waals surface area contributed by atoms with Crippen LogP contribution < -0.4 is 10.6 Å². The van der Waals surface area contributed by atoms with Gasteiger partial charge in [-0.05, 0) is 31.3 Å². The number of urea groups is 1. The minimum atomic E-state index is -1.23. The molecule has 0 radical (unpaired) electrons. The van der Waals surface area contributed by atoms with Gasteiger partial charge in [-0.1, -0.05) is 25.2 Å². The average molecular weight is 248 g/mol. The van der Waals surface area contributed by atoms with Gasteiger partial charge in [0.1, 0.15) is 5.41 Å². The molecule has 0 aromatic heterocycles. The minimum absolute atomic E-state index is 0.345. The molecule has 2 N–H and O–H groups in total. The lowest BCUT2D eigenvalue weighted by Gasteiger charge is -2.35. The van der Waals surface area contributed by atoms with E-state index < -0.39 is 23.3 Å². The number of rotatable bonds is 2. The number of imide groups is 2. The number of carbonyl (C=O) groups excluding carboxylic acids is 3. The lowest BCUT2D eigenvalue weighted by molar-refractivity contribution is -0.142. The second-order valence-electron chi connectivity index (χ2n) is 4.51. The minimum Gasteiger partial charge on any atom is -0.277 e. The van der Waals surface area contributed by atoms with Crippen LogP contribution in [0.4, 0.5) is 4.79 Å². The van der Waals surface area contributed by atoms with Gasteiger partial charge in [-0.15, -0.1) is 0 Å². The number of hydrogen-bond donors (Lipinski definition) is 2. The summed E-state index contributed by atoms with van der Waals surface area (Å²) < 4.78 is 0. The van der Waals surface area contributed by atoms with Crippen LogP contribution in [0.1, 0.15) is 32.6 Å². The molecule has 4 amide bonds. The maximum absolute atomic E-state index is 12.1. The van der Waals surface area contributed by atoms with Crippen molar-refractivity contribution >= 4 is 17.8 Å². The van der Waals surface area contributed by atoms with E-state index in [1.165, 1.54) is 0 Å². The molecule has 0 bridgehead atoms. The average Bonchev–Trinajstić information content (AvgIpc) is 2.58. The van der Waals surface area contributed by atoms with Crippen molar-refractivity contribution in [2.45, 2.75) is 32.6 Å². The number of barbiturate groups is 1. The summed E-state index contributed by atoms with van der Waals surface area (Å²) in [4.78, 5) is 35.4. The van der Waals surface area contributed by atoms with E-state index in [1.54, 1.807) is 6.92 Å². The van der Waals surface area contributed by atoms with E-state index in [4.69, 9.17) is 0 Å². The zero-order chi connectivity index (χ0) is 13.2. The number of hydrogen-bond acceptors (Lipinski definition) is 3. The van der Waals surface area contributed by atoms with E-state index in [1.807, 2.05) is 18.2 Å². The highest BCUT2D eigenvalue weighted by atomic mass is 16.2. The lowest BCUT2D eigenvalue weighted by atomic mass is 9.73. The van der Waals surface area contributed by atoms with Crippen molar-refractivity contribution in [1.82, 2.24) is 10.6 Å². The topological polar surface area (TPSA) is 75.3 Å². The normalized spacial score (nSPS) is 22.9. The Kier molecular flexibility index (Phi) is 3.32. The van der Waals surface area contributed by atoms with Gasteiger partial charge in [-0.25, -0.2) is 4.79 Å². The van der Waals surface area contributed by atoms with Crippen LogP contribution in [-0.4, -0.2) is 17.8 Å². The predicted molar refractivity (Wildman–Crippen MR) is 65.5 cm³/mol. The van der Waals surface area contributed by atoms with Gasteiger partial charge in [-0.2, -0.15) is 0 Å². The number of nitrogens with one attached hydrogen (secondary N) is 2. The third-order valence-corrected chi connectivity index (χ3v) is 3.56. The van der Waals surface area contributed by atoms with Crippen molar-refractivity contribution in [3.8, 4) is 0 Å². The van der Waals surface area contributed by atoms with E-state index in [0.29, 0.717) is 12.8 Å². The molecule has 0 aromatic rings. The van der Waals surface area contributed by atoms with Gasteiger partial charge in [-0.3, -0.25) is 20.2 Å². The van der Waals surface area contributed by atoms with Crippen LogP contribution in [0.15, 0.2) is 23.8 Å². The molecule has 5 nitrogen and oxygen atoms in total. The molecule has 1 aliphatic carbocycles. The third kappa shape index (κ3) is 1.85. The maximum Gasteiger partial charge on any atom is 0.328 e. The van der Waals surface area contributed by atoms with Crippen LogP contribution in [0.25, 0.3) is 0 Å². The second kappa shape index (κ2) is 4.76. The molecule has 0 spiro atoms. The van der Waals surface area contributed by atoms with Gasteiger partial charge in [0.15, 0.2) is 0 Å². The van der Waals surface area contributed by atoms with Gasteiger partial charge >= 0.3 is 6.03 Å². The standard InChI is InChI=1S/C13H16N2O3/c1-2-13(9-7-5-3-4-6-8-9)10(16)14-12(18)15-11(13)17/h3,5,7H,2,4,6,8H2,1H3,(H2,14,15,16,17,18). The molecular formula is C13H16N2O3. The van der Waals surface area contributed by atoms with Gasteiger partial charge in [0, 0.05) is 0 Å². The van der Waals surface area contributed by atoms with Crippen LogP contribution in [-0.2, 0) is 9.59 Å². The molecule has 1 heterocycles. The predicted octanol–water partition coefficient (Wildman–Crippen LogP) is 1.42. The van der Waals surface area contributed by atoms with Crippen molar-refractivity contribution in [2.75, 3.05) is 0 Å². The molecule has 0 unspecified atom stereocenters. The molecular weight excluding hydrogens is 232 g/mol. The smallest absolute Gasteiger partial charge is 0.277 e. The molecule has 5 heteroatoms. The Bertz CT molecular complexity index is 443. The first-order valence-electron chi connectivity index (χ1n) is 6.14. The quantitative estimate of drug-likeness (QED) is 0.725. The summed E-state index contributed by atoms with van der Waals surface area (Å²) in [6, 6.07) is -0.737. The zero-order valence-corrected chi connectivity index (χ0v) is 10.3. The Morgan fingerprint density at radius 2 is 1.89 bits per heavy atom. The summed E-state index contributed by atoms with van der Waals surface area (Å²) >= 11 is 0. The first kappa shape index (κ1) is 12.5. The van der Waals surface area contributed by atoms with E-state index in [-0.39, 0.29) is 0 Å². The second-order valence-corrected chi connectivity index (χ2v) is 4.51. The van der Waals surface area contributed by atoms with Crippen molar-refractivity contribution in [1.29, 1.82) is 0 Å². The Labute approximate surface area is 105 Å². The Hall–Kier alpha value is -1.91. The van der Waals surface area contributed by atoms with Crippen LogP contribution >= 0.6 is 0 Å². The Balaban J connectivity index is 2.43. The highest BCUT2D eigenvalue weighted by Crippen LogP contribution is 2.37. The highest BCUT2D eigenvalue weighted by Gasteiger charge is 2.51. The van der Waals surface area contributed by atoms with E-state index >= 15 is 0 Å². The van der Waals surface area contributed by atoms with E-state index in [9.17, 15) is 14.4 Å². The monoisotopic (exact) mass is 248 g/mol. The molecule has 0 aromatic carbocycles. The zero-order valence-electron chi connectivity index (χ0n) is 10.3. The first-order chi connectivity index (χ1) is 8.61.